The first-order valence-corrected chi connectivity index (χ1v) is 7.12. The third kappa shape index (κ3) is 4.65. The number of nitro groups is 1. The first-order chi connectivity index (χ1) is 11.5. The van der Waals surface area contributed by atoms with Gasteiger partial charge in [0.05, 0.1) is 18.2 Å². The van der Waals surface area contributed by atoms with Gasteiger partial charge in [-0.15, -0.1) is 0 Å². The van der Waals surface area contributed by atoms with Gasteiger partial charge in [-0.05, 0) is 30.4 Å². The van der Waals surface area contributed by atoms with Crippen molar-refractivity contribution in [3.05, 3.63) is 58.1 Å². The van der Waals surface area contributed by atoms with Crippen molar-refractivity contribution in [1.29, 1.82) is 0 Å². The molecule has 0 aliphatic rings. The fraction of sp³-hybridized carbons (Fsp3) is 0.0667. The number of thiocarbonyl (C=S) groups is 1. The number of hydrogen-bond donors (Lipinski definition) is 3. The van der Waals surface area contributed by atoms with Gasteiger partial charge in [0.25, 0.3) is 5.69 Å². The Kier molecular flexibility index (Phi) is 5.63. The molecule has 0 aliphatic heterocycles. The van der Waals surface area contributed by atoms with E-state index < -0.39 is 4.92 Å². The SMILES string of the molecule is COc1cccc(NC(=S)N/N=C/c2cc([N+](=O)[O-])ccc2O)c1. The van der Waals surface area contributed by atoms with E-state index in [0.29, 0.717) is 11.4 Å². The van der Waals surface area contributed by atoms with E-state index >= 15 is 0 Å². The summed E-state index contributed by atoms with van der Waals surface area (Å²) in [6, 6.07) is 10.8. The van der Waals surface area contributed by atoms with Gasteiger partial charge in [-0.25, -0.2) is 0 Å². The lowest BCUT2D eigenvalue weighted by Gasteiger charge is -2.08. The third-order valence-electron chi connectivity index (χ3n) is 2.92. The summed E-state index contributed by atoms with van der Waals surface area (Å²) in [6.07, 6.45) is 1.24. The van der Waals surface area contributed by atoms with E-state index in [0.717, 1.165) is 0 Å². The van der Waals surface area contributed by atoms with Crippen LogP contribution in [0.15, 0.2) is 47.6 Å². The second-order valence-corrected chi connectivity index (χ2v) is 4.96. The van der Waals surface area contributed by atoms with E-state index in [2.05, 4.69) is 15.8 Å². The molecule has 9 heteroatoms. The molecule has 0 amide bonds. The van der Waals surface area contributed by atoms with E-state index in [4.69, 9.17) is 17.0 Å². The molecule has 3 N–H and O–H groups in total. The minimum Gasteiger partial charge on any atom is -0.507 e. The van der Waals surface area contributed by atoms with Crippen molar-refractivity contribution in [2.75, 3.05) is 12.4 Å². The molecule has 2 aromatic rings. The average molecular weight is 346 g/mol. The fourth-order valence-electron chi connectivity index (χ4n) is 1.78. The summed E-state index contributed by atoms with van der Waals surface area (Å²) < 4.78 is 5.10. The van der Waals surface area contributed by atoms with Gasteiger partial charge in [0.1, 0.15) is 11.5 Å². The third-order valence-corrected chi connectivity index (χ3v) is 3.11. The molecule has 2 rings (SSSR count). The van der Waals surface area contributed by atoms with Crippen molar-refractivity contribution in [1.82, 2.24) is 5.43 Å². The molecular weight excluding hydrogens is 332 g/mol. The number of hydrogen-bond acceptors (Lipinski definition) is 6. The normalized spacial score (nSPS) is 10.4. The minimum absolute atomic E-state index is 0.127. The minimum atomic E-state index is -0.556. The van der Waals surface area contributed by atoms with Gasteiger partial charge in [0.15, 0.2) is 5.11 Å². The molecule has 0 bridgehead atoms. The molecule has 124 valence electrons. The molecule has 0 spiro atoms. The Morgan fingerprint density at radius 3 is 2.88 bits per heavy atom. The summed E-state index contributed by atoms with van der Waals surface area (Å²) in [4.78, 5) is 10.2. The van der Waals surface area contributed by atoms with E-state index in [1.54, 1.807) is 31.4 Å². The second-order valence-electron chi connectivity index (χ2n) is 4.56. The van der Waals surface area contributed by atoms with Crippen LogP contribution in [-0.4, -0.2) is 28.5 Å². The van der Waals surface area contributed by atoms with Gasteiger partial charge in [-0.2, -0.15) is 5.10 Å². The van der Waals surface area contributed by atoms with Crippen molar-refractivity contribution in [2.45, 2.75) is 0 Å². The van der Waals surface area contributed by atoms with Crippen molar-refractivity contribution in [3.8, 4) is 11.5 Å². The highest BCUT2D eigenvalue weighted by Crippen LogP contribution is 2.21. The molecule has 0 atom stereocenters. The summed E-state index contributed by atoms with van der Waals surface area (Å²) in [5.74, 6) is 0.547. The quantitative estimate of drug-likeness (QED) is 0.330. The molecule has 0 aromatic heterocycles. The van der Waals surface area contributed by atoms with Crippen LogP contribution < -0.4 is 15.5 Å². The summed E-state index contributed by atoms with van der Waals surface area (Å²) in [6.45, 7) is 0. The Labute approximate surface area is 142 Å². The van der Waals surface area contributed by atoms with Crippen LogP contribution in [0, 0.1) is 10.1 Å². The first-order valence-electron chi connectivity index (χ1n) is 6.71. The molecule has 0 aliphatic carbocycles. The number of methoxy groups -OCH3 is 1. The molecule has 0 unspecified atom stereocenters. The van der Waals surface area contributed by atoms with Crippen LogP contribution in [0.3, 0.4) is 0 Å². The molecule has 0 fully saturated rings. The van der Waals surface area contributed by atoms with Gasteiger partial charge in [0, 0.05) is 29.4 Å². The predicted molar refractivity (Wildman–Crippen MR) is 94.7 cm³/mol. The van der Waals surface area contributed by atoms with Crippen LogP contribution in [0.2, 0.25) is 0 Å². The number of phenolic OH excluding ortho intramolecular Hbond substituents is 1. The molecule has 0 radical (unpaired) electrons. The Morgan fingerprint density at radius 1 is 1.38 bits per heavy atom. The summed E-state index contributed by atoms with van der Waals surface area (Å²) in [5, 5.41) is 27.4. The lowest BCUT2D eigenvalue weighted by Crippen LogP contribution is -2.23. The Bertz CT molecular complexity index is 795. The fourth-order valence-corrected chi connectivity index (χ4v) is 1.95. The van der Waals surface area contributed by atoms with Crippen LogP contribution >= 0.6 is 12.2 Å². The van der Waals surface area contributed by atoms with Gasteiger partial charge >= 0.3 is 0 Å². The van der Waals surface area contributed by atoms with Crippen molar-refractivity contribution in [3.63, 3.8) is 0 Å². The highest BCUT2D eigenvalue weighted by molar-refractivity contribution is 7.80. The van der Waals surface area contributed by atoms with E-state index in [1.165, 1.54) is 24.4 Å². The van der Waals surface area contributed by atoms with Crippen LogP contribution in [0.25, 0.3) is 0 Å². The van der Waals surface area contributed by atoms with Crippen LogP contribution in [0.1, 0.15) is 5.56 Å². The smallest absolute Gasteiger partial charge is 0.270 e. The standard InChI is InChI=1S/C15H14N4O4S/c1-23-13-4-2-3-11(8-13)17-15(24)18-16-9-10-7-12(19(21)22)5-6-14(10)20/h2-9,20H,1H3,(H2,17,18,24)/b16-9+. The number of phenols is 1. The maximum absolute atomic E-state index is 10.7. The zero-order chi connectivity index (χ0) is 17.5. The number of rotatable bonds is 5. The predicted octanol–water partition coefficient (Wildman–Crippen LogP) is 2.63. The number of nitrogens with one attached hydrogen (secondary N) is 2. The monoisotopic (exact) mass is 346 g/mol. The number of ether oxygens (including phenoxy) is 1. The molecule has 24 heavy (non-hydrogen) atoms. The number of hydrazone groups is 1. The number of aromatic hydroxyl groups is 1. The van der Waals surface area contributed by atoms with E-state index in [1.807, 2.05) is 0 Å². The first kappa shape index (κ1) is 17.2. The average Bonchev–Trinajstić information content (AvgIpc) is 2.56. The molecule has 8 nitrogen and oxygen atoms in total. The molecular formula is C15H14N4O4S. The van der Waals surface area contributed by atoms with Crippen LogP contribution in [0.5, 0.6) is 11.5 Å². The molecule has 0 saturated carbocycles. The Balaban J connectivity index is 1.99. The molecule has 2 aromatic carbocycles. The van der Waals surface area contributed by atoms with Gasteiger partial charge in [-0.1, -0.05) is 6.07 Å². The second kappa shape index (κ2) is 7.88. The number of anilines is 1. The van der Waals surface area contributed by atoms with E-state index in [9.17, 15) is 15.2 Å². The molecule has 0 saturated heterocycles. The largest absolute Gasteiger partial charge is 0.507 e. The highest BCUT2D eigenvalue weighted by atomic mass is 32.1. The van der Waals surface area contributed by atoms with Gasteiger partial charge in [0.2, 0.25) is 0 Å². The van der Waals surface area contributed by atoms with E-state index in [-0.39, 0.29) is 22.1 Å². The van der Waals surface area contributed by atoms with Crippen LogP contribution in [-0.2, 0) is 0 Å². The van der Waals surface area contributed by atoms with Crippen molar-refractivity contribution >= 4 is 34.9 Å². The summed E-state index contributed by atoms with van der Waals surface area (Å²) in [5.41, 5.74) is 3.32. The molecule has 0 heterocycles. The maximum Gasteiger partial charge on any atom is 0.270 e. The summed E-state index contributed by atoms with van der Waals surface area (Å²) in [7, 11) is 1.56. The highest BCUT2D eigenvalue weighted by Gasteiger charge is 2.08. The maximum atomic E-state index is 10.7. The lowest BCUT2D eigenvalue weighted by molar-refractivity contribution is -0.384. The van der Waals surface area contributed by atoms with Crippen LogP contribution in [0.4, 0.5) is 11.4 Å². The Hall–Kier alpha value is -3.20. The summed E-state index contributed by atoms with van der Waals surface area (Å²) >= 11 is 5.08. The number of nitro benzene ring substituents is 1. The zero-order valence-electron chi connectivity index (χ0n) is 12.6. The number of non-ortho nitro benzene ring substituents is 1. The lowest BCUT2D eigenvalue weighted by atomic mass is 10.2. The van der Waals surface area contributed by atoms with Crippen molar-refractivity contribution < 1.29 is 14.8 Å². The van der Waals surface area contributed by atoms with Crippen molar-refractivity contribution in [2.24, 2.45) is 5.10 Å². The number of nitrogens with zero attached hydrogens (tertiary/aromatic N) is 2. The topological polar surface area (TPSA) is 109 Å². The zero-order valence-corrected chi connectivity index (χ0v) is 13.4. The number of benzene rings is 2. The van der Waals surface area contributed by atoms with Gasteiger partial charge in [-0.3, -0.25) is 15.5 Å². The Morgan fingerprint density at radius 2 is 2.17 bits per heavy atom. The van der Waals surface area contributed by atoms with Gasteiger partial charge < -0.3 is 15.2 Å².